The second-order valence-corrected chi connectivity index (χ2v) is 6.15. The van der Waals surface area contributed by atoms with Crippen molar-refractivity contribution in [3.63, 3.8) is 0 Å². The summed E-state index contributed by atoms with van der Waals surface area (Å²) in [5.41, 5.74) is 1.58. The highest BCUT2D eigenvalue weighted by Gasteiger charge is 2.30. The maximum Gasteiger partial charge on any atom is 0.246 e. The van der Waals surface area contributed by atoms with Crippen molar-refractivity contribution in [2.75, 3.05) is 26.2 Å². The lowest BCUT2D eigenvalue weighted by Gasteiger charge is -2.18. The fraction of sp³-hybridized carbons (Fsp3) is 0.444. The van der Waals surface area contributed by atoms with Gasteiger partial charge in [-0.2, -0.15) is 5.26 Å². The summed E-state index contributed by atoms with van der Waals surface area (Å²) in [5.74, 6) is 1.57. The van der Waals surface area contributed by atoms with Crippen molar-refractivity contribution in [2.24, 2.45) is 11.8 Å². The molecule has 1 aromatic rings. The van der Waals surface area contributed by atoms with Crippen molar-refractivity contribution < 1.29 is 4.79 Å². The maximum atomic E-state index is 12.3. The van der Waals surface area contributed by atoms with Crippen LogP contribution in [-0.2, 0) is 4.79 Å². The Bertz CT molecular complexity index is 586. The monoisotopic (exact) mass is 295 g/mol. The number of nitrogens with zero attached hydrogens (tertiary/aromatic N) is 2. The third-order valence-electron chi connectivity index (χ3n) is 4.79. The molecular weight excluding hydrogens is 274 g/mol. The number of hydrogen-bond donors (Lipinski definition) is 1. The first-order valence-electron chi connectivity index (χ1n) is 7.94. The van der Waals surface area contributed by atoms with Crippen LogP contribution in [0.15, 0.2) is 30.3 Å². The van der Waals surface area contributed by atoms with Crippen LogP contribution in [-0.4, -0.2) is 37.0 Å². The van der Waals surface area contributed by atoms with E-state index in [1.54, 1.807) is 18.2 Å². The Morgan fingerprint density at radius 1 is 1.18 bits per heavy atom. The summed E-state index contributed by atoms with van der Waals surface area (Å²) in [4.78, 5) is 14.3. The zero-order valence-electron chi connectivity index (χ0n) is 12.7. The van der Waals surface area contributed by atoms with Crippen molar-refractivity contribution in [1.29, 1.82) is 5.26 Å². The topological polar surface area (TPSA) is 56.1 Å². The average molecular weight is 295 g/mol. The summed E-state index contributed by atoms with van der Waals surface area (Å²) < 4.78 is 0. The molecule has 3 rings (SSSR count). The predicted molar refractivity (Wildman–Crippen MR) is 85.9 cm³/mol. The first-order chi connectivity index (χ1) is 10.8. The number of fused-ring (bicyclic) bond motifs is 1. The van der Waals surface area contributed by atoms with E-state index >= 15 is 0 Å². The molecule has 1 N–H and O–H groups in total. The third kappa shape index (κ3) is 3.37. The summed E-state index contributed by atoms with van der Waals surface area (Å²) in [6, 6.07) is 9.35. The predicted octanol–water partition coefficient (Wildman–Crippen LogP) is 2.03. The van der Waals surface area contributed by atoms with Gasteiger partial charge in [-0.15, -0.1) is 0 Å². The Morgan fingerprint density at radius 3 is 2.41 bits per heavy atom. The molecule has 2 fully saturated rings. The van der Waals surface area contributed by atoms with Crippen LogP contribution < -0.4 is 5.32 Å². The van der Waals surface area contributed by atoms with Crippen molar-refractivity contribution in [3.8, 4) is 6.07 Å². The van der Waals surface area contributed by atoms with E-state index in [4.69, 9.17) is 5.26 Å². The molecule has 0 aliphatic carbocycles. The van der Waals surface area contributed by atoms with E-state index in [-0.39, 0.29) is 5.91 Å². The van der Waals surface area contributed by atoms with Gasteiger partial charge in [0.25, 0.3) is 0 Å². The van der Waals surface area contributed by atoms with Gasteiger partial charge in [-0.25, -0.2) is 0 Å². The molecule has 4 nitrogen and oxygen atoms in total. The molecule has 0 unspecified atom stereocenters. The minimum Gasteiger partial charge on any atom is -0.339 e. The molecule has 2 atom stereocenters. The molecule has 2 aliphatic heterocycles. The SMILES string of the molecule is N#Cc1ccc(C=CC(=O)N2CC[C@@H]3CNC[C@@H]3CC2)cc1. The Kier molecular flexibility index (Phi) is 4.55. The molecule has 2 aliphatic rings. The molecule has 2 saturated heterocycles. The summed E-state index contributed by atoms with van der Waals surface area (Å²) in [5, 5.41) is 12.2. The molecule has 0 spiro atoms. The van der Waals surface area contributed by atoms with Gasteiger partial charge in [0.15, 0.2) is 0 Å². The first-order valence-corrected chi connectivity index (χ1v) is 7.94. The number of carbonyl (C=O) groups is 1. The smallest absolute Gasteiger partial charge is 0.246 e. The average Bonchev–Trinajstić information content (AvgIpc) is 2.91. The fourth-order valence-corrected chi connectivity index (χ4v) is 3.38. The number of benzene rings is 1. The van der Waals surface area contributed by atoms with E-state index in [2.05, 4.69) is 11.4 Å². The van der Waals surface area contributed by atoms with Crippen LogP contribution in [0, 0.1) is 23.2 Å². The van der Waals surface area contributed by atoms with Crippen molar-refractivity contribution in [1.82, 2.24) is 10.2 Å². The van der Waals surface area contributed by atoms with Crippen LogP contribution in [0.1, 0.15) is 24.0 Å². The quantitative estimate of drug-likeness (QED) is 0.849. The second kappa shape index (κ2) is 6.76. The molecule has 1 aromatic carbocycles. The van der Waals surface area contributed by atoms with E-state index in [0.29, 0.717) is 5.56 Å². The standard InChI is InChI=1S/C18H21N3O/c19-11-15-3-1-14(2-4-15)5-6-18(22)21-9-7-16-12-20-13-17(16)8-10-21/h1-6,16-17,20H,7-10,12-13H2/t16-,17+. The zero-order valence-corrected chi connectivity index (χ0v) is 12.7. The van der Waals surface area contributed by atoms with E-state index in [1.807, 2.05) is 23.1 Å². The molecule has 0 saturated carbocycles. The van der Waals surface area contributed by atoms with Gasteiger partial charge in [0.05, 0.1) is 11.6 Å². The molecular formula is C18H21N3O. The van der Waals surface area contributed by atoms with Crippen LogP contribution in [0.3, 0.4) is 0 Å². The lowest BCUT2D eigenvalue weighted by atomic mass is 9.92. The summed E-state index contributed by atoms with van der Waals surface area (Å²) >= 11 is 0. The van der Waals surface area contributed by atoms with Crippen LogP contribution >= 0.6 is 0 Å². The molecule has 4 heteroatoms. The normalized spacial score (nSPS) is 24.8. The largest absolute Gasteiger partial charge is 0.339 e. The van der Waals surface area contributed by atoms with Gasteiger partial charge in [0, 0.05) is 19.2 Å². The van der Waals surface area contributed by atoms with Crippen molar-refractivity contribution in [2.45, 2.75) is 12.8 Å². The number of likely N-dealkylation sites (tertiary alicyclic amines) is 1. The Hall–Kier alpha value is -2.12. The van der Waals surface area contributed by atoms with Gasteiger partial charge >= 0.3 is 0 Å². The highest BCUT2D eigenvalue weighted by Crippen LogP contribution is 2.27. The number of nitrogens with one attached hydrogen (secondary N) is 1. The van der Waals surface area contributed by atoms with E-state index in [0.717, 1.165) is 56.4 Å². The number of amides is 1. The first kappa shape index (κ1) is 14.8. The highest BCUT2D eigenvalue weighted by molar-refractivity contribution is 5.91. The van der Waals surface area contributed by atoms with Gasteiger partial charge < -0.3 is 10.2 Å². The highest BCUT2D eigenvalue weighted by atomic mass is 16.2. The summed E-state index contributed by atoms with van der Waals surface area (Å²) in [7, 11) is 0. The lowest BCUT2D eigenvalue weighted by Crippen LogP contribution is -2.31. The van der Waals surface area contributed by atoms with E-state index < -0.39 is 0 Å². The molecule has 0 radical (unpaired) electrons. The molecule has 0 bridgehead atoms. The van der Waals surface area contributed by atoms with Crippen molar-refractivity contribution in [3.05, 3.63) is 41.5 Å². The van der Waals surface area contributed by atoms with Gasteiger partial charge in [-0.1, -0.05) is 12.1 Å². The second-order valence-electron chi connectivity index (χ2n) is 6.15. The summed E-state index contributed by atoms with van der Waals surface area (Å²) in [6.07, 6.45) is 5.69. The van der Waals surface area contributed by atoms with Crippen LogP contribution in [0.4, 0.5) is 0 Å². The molecule has 1 amide bonds. The molecule has 114 valence electrons. The minimum atomic E-state index is 0.0947. The zero-order chi connectivity index (χ0) is 15.4. The molecule has 22 heavy (non-hydrogen) atoms. The van der Waals surface area contributed by atoms with Crippen LogP contribution in [0.5, 0.6) is 0 Å². The van der Waals surface area contributed by atoms with Gasteiger partial charge in [0.2, 0.25) is 5.91 Å². The Balaban J connectivity index is 1.59. The minimum absolute atomic E-state index is 0.0947. The number of rotatable bonds is 2. The van der Waals surface area contributed by atoms with Crippen LogP contribution in [0.2, 0.25) is 0 Å². The lowest BCUT2D eigenvalue weighted by molar-refractivity contribution is -0.125. The Morgan fingerprint density at radius 2 is 1.82 bits per heavy atom. The number of nitriles is 1. The molecule has 0 aromatic heterocycles. The van der Waals surface area contributed by atoms with Crippen molar-refractivity contribution >= 4 is 12.0 Å². The maximum absolute atomic E-state index is 12.3. The third-order valence-corrected chi connectivity index (χ3v) is 4.79. The summed E-state index contributed by atoms with van der Waals surface area (Å²) in [6.45, 7) is 3.93. The fourth-order valence-electron chi connectivity index (χ4n) is 3.38. The van der Waals surface area contributed by atoms with Gasteiger partial charge in [-0.3, -0.25) is 4.79 Å². The van der Waals surface area contributed by atoms with E-state index in [1.165, 1.54) is 0 Å². The Labute approximate surface area is 131 Å². The number of hydrogen-bond acceptors (Lipinski definition) is 3. The van der Waals surface area contributed by atoms with E-state index in [9.17, 15) is 4.79 Å². The van der Waals surface area contributed by atoms with Gasteiger partial charge in [0.1, 0.15) is 0 Å². The number of carbonyl (C=O) groups excluding carboxylic acids is 1. The van der Waals surface area contributed by atoms with Gasteiger partial charge in [-0.05, 0) is 61.5 Å². The molecule has 2 heterocycles. The van der Waals surface area contributed by atoms with Crippen LogP contribution in [0.25, 0.3) is 6.08 Å².